The first kappa shape index (κ1) is 26.4. The molecule has 0 unspecified atom stereocenters. The SMILES string of the molecule is CCNC(=NCc1cc(C(C)C)no1)NCCCN1CCN(c2cccc(C)c2)CC1.I. The van der Waals surface area contributed by atoms with Crippen molar-refractivity contribution in [3.05, 3.63) is 47.3 Å². The standard InChI is InChI=1S/C24H38N6O.HI/c1-5-25-24(27-18-22-17-23(19(2)3)28-31-22)26-10-7-11-29-12-14-30(15-13-29)21-9-6-8-20(4)16-21;/h6,8-9,16-17,19H,5,7,10-15,18H2,1-4H3,(H2,25,26,27);1H. The number of anilines is 1. The first-order valence-corrected chi connectivity index (χ1v) is 11.6. The average Bonchev–Trinajstić information content (AvgIpc) is 3.25. The van der Waals surface area contributed by atoms with Gasteiger partial charge in [0.25, 0.3) is 0 Å². The molecule has 8 heteroatoms. The molecule has 7 nitrogen and oxygen atoms in total. The summed E-state index contributed by atoms with van der Waals surface area (Å²) in [7, 11) is 0. The van der Waals surface area contributed by atoms with Gasteiger partial charge in [-0.25, -0.2) is 4.99 Å². The van der Waals surface area contributed by atoms with Crippen molar-refractivity contribution in [3.63, 3.8) is 0 Å². The van der Waals surface area contributed by atoms with Crippen LogP contribution in [0.3, 0.4) is 0 Å². The normalized spacial score (nSPS) is 15.0. The van der Waals surface area contributed by atoms with Crippen molar-refractivity contribution in [2.75, 3.05) is 50.7 Å². The van der Waals surface area contributed by atoms with Gasteiger partial charge in [-0.05, 0) is 50.4 Å². The van der Waals surface area contributed by atoms with E-state index in [4.69, 9.17) is 4.52 Å². The van der Waals surface area contributed by atoms with Crippen molar-refractivity contribution in [3.8, 4) is 0 Å². The van der Waals surface area contributed by atoms with Crippen LogP contribution in [-0.4, -0.2) is 61.8 Å². The summed E-state index contributed by atoms with van der Waals surface area (Å²) in [6, 6.07) is 10.8. The van der Waals surface area contributed by atoms with Crippen LogP contribution in [0.25, 0.3) is 0 Å². The summed E-state index contributed by atoms with van der Waals surface area (Å²) in [6.07, 6.45) is 1.09. The molecule has 3 rings (SSSR count). The fraction of sp³-hybridized carbons (Fsp3) is 0.583. The van der Waals surface area contributed by atoms with E-state index >= 15 is 0 Å². The smallest absolute Gasteiger partial charge is 0.191 e. The van der Waals surface area contributed by atoms with Gasteiger partial charge in [0.1, 0.15) is 6.54 Å². The lowest BCUT2D eigenvalue weighted by molar-refractivity contribution is 0.255. The zero-order chi connectivity index (χ0) is 22.1. The van der Waals surface area contributed by atoms with Gasteiger partial charge in [-0.2, -0.15) is 0 Å². The number of hydrogen-bond donors (Lipinski definition) is 2. The average molecular weight is 555 g/mol. The molecule has 2 heterocycles. The second-order valence-electron chi connectivity index (χ2n) is 8.52. The van der Waals surface area contributed by atoms with Gasteiger partial charge in [0.05, 0.1) is 5.69 Å². The predicted octanol–water partition coefficient (Wildman–Crippen LogP) is 3.99. The van der Waals surface area contributed by atoms with Gasteiger partial charge >= 0.3 is 0 Å². The van der Waals surface area contributed by atoms with E-state index in [0.717, 1.165) is 69.6 Å². The van der Waals surface area contributed by atoms with Crippen LogP contribution in [-0.2, 0) is 6.54 Å². The Morgan fingerprint density at radius 1 is 1.16 bits per heavy atom. The fourth-order valence-electron chi connectivity index (χ4n) is 3.74. The summed E-state index contributed by atoms with van der Waals surface area (Å²) in [5, 5.41) is 10.8. The highest BCUT2D eigenvalue weighted by Gasteiger charge is 2.16. The molecule has 0 radical (unpaired) electrons. The number of rotatable bonds is 9. The van der Waals surface area contributed by atoms with Crippen LogP contribution in [0.5, 0.6) is 0 Å². The van der Waals surface area contributed by atoms with E-state index < -0.39 is 0 Å². The summed E-state index contributed by atoms with van der Waals surface area (Å²) >= 11 is 0. The lowest BCUT2D eigenvalue weighted by Crippen LogP contribution is -2.47. The zero-order valence-electron chi connectivity index (χ0n) is 19.9. The summed E-state index contributed by atoms with van der Waals surface area (Å²) in [6.45, 7) is 16.2. The molecule has 1 aromatic carbocycles. The Balaban J connectivity index is 0.00000363. The van der Waals surface area contributed by atoms with Crippen LogP contribution in [0.1, 0.15) is 50.1 Å². The molecule has 1 fully saturated rings. The van der Waals surface area contributed by atoms with Crippen LogP contribution in [0, 0.1) is 6.92 Å². The molecule has 0 spiro atoms. The molecular weight excluding hydrogens is 515 g/mol. The van der Waals surface area contributed by atoms with Crippen LogP contribution in [0.15, 0.2) is 39.8 Å². The number of aryl methyl sites for hydroxylation is 1. The lowest BCUT2D eigenvalue weighted by atomic mass is 10.1. The third-order valence-corrected chi connectivity index (χ3v) is 5.59. The van der Waals surface area contributed by atoms with E-state index in [2.05, 4.69) is 82.5 Å². The number of piperazine rings is 1. The van der Waals surface area contributed by atoms with Gasteiger partial charge in [-0.1, -0.05) is 31.1 Å². The van der Waals surface area contributed by atoms with E-state index in [1.165, 1.54) is 11.3 Å². The quantitative estimate of drug-likeness (QED) is 0.212. The minimum Gasteiger partial charge on any atom is -0.369 e. The highest BCUT2D eigenvalue weighted by molar-refractivity contribution is 14.0. The number of aromatic nitrogens is 1. The number of hydrogen-bond acceptors (Lipinski definition) is 5. The molecule has 32 heavy (non-hydrogen) atoms. The van der Waals surface area contributed by atoms with Gasteiger partial charge in [0.2, 0.25) is 0 Å². The number of halogens is 1. The zero-order valence-corrected chi connectivity index (χ0v) is 22.3. The first-order valence-electron chi connectivity index (χ1n) is 11.6. The molecule has 178 valence electrons. The molecule has 0 saturated carbocycles. The Labute approximate surface area is 210 Å². The van der Waals surface area contributed by atoms with Gasteiger partial charge < -0.3 is 20.1 Å². The number of benzene rings is 1. The number of guanidine groups is 1. The monoisotopic (exact) mass is 554 g/mol. The molecule has 0 amide bonds. The fourth-order valence-corrected chi connectivity index (χ4v) is 3.74. The van der Waals surface area contributed by atoms with Crippen molar-refractivity contribution >= 4 is 35.6 Å². The molecule has 2 N–H and O–H groups in total. The molecule has 1 aromatic heterocycles. The molecule has 1 saturated heterocycles. The van der Waals surface area contributed by atoms with Crippen LogP contribution in [0.4, 0.5) is 5.69 Å². The molecule has 2 aromatic rings. The maximum atomic E-state index is 5.38. The Morgan fingerprint density at radius 2 is 1.94 bits per heavy atom. The highest BCUT2D eigenvalue weighted by Crippen LogP contribution is 2.18. The number of nitrogens with one attached hydrogen (secondary N) is 2. The summed E-state index contributed by atoms with van der Waals surface area (Å²) < 4.78 is 5.38. The largest absolute Gasteiger partial charge is 0.369 e. The van der Waals surface area contributed by atoms with E-state index in [1.807, 2.05) is 6.07 Å². The van der Waals surface area contributed by atoms with Crippen LogP contribution >= 0.6 is 24.0 Å². The third-order valence-electron chi connectivity index (χ3n) is 5.59. The van der Waals surface area contributed by atoms with Gasteiger partial charge in [0.15, 0.2) is 11.7 Å². The lowest BCUT2D eigenvalue weighted by Gasteiger charge is -2.36. The molecule has 0 atom stereocenters. The second-order valence-corrected chi connectivity index (χ2v) is 8.52. The van der Waals surface area contributed by atoms with Crippen molar-refractivity contribution < 1.29 is 4.52 Å². The van der Waals surface area contributed by atoms with Crippen LogP contribution < -0.4 is 15.5 Å². The van der Waals surface area contributed by atoms with Gasteiger partial charge in [-0.3, -0.25) is 4.90 Å². The number of nitrogens with zero attached hydrogens (tertiary/aromatic N) is 4. The Kier molecular flexibility index (Phi) is 11.3. The van der Waals surface area contributed by atoms with Crippen molar-refractivity contribution in [2.24, 2.45) is 4.99 Å². The van der Waals surface area contributed by atoms with Crippen molar-refractivity contribution in [1.82, 2.24) is 20.7 Å². The molecule has 1 aliphatic heterocycles. The van der Waals surface area contributed by atoms with Gasteiger partial charge in [-0.15, -0.1) is 24.0 Å². The first-order chi connectivity index (χ1) is 15.0. The van der Waals surface area contributed by atoms with Crippen LogP contribution in [0.2, 0.25) is 0 Å². The van der Waals surface area contributed by atoms with E-state index in [1.54, 1.807) is 0 Å². The minimum atomic E-state index is 0. The maximum Gasteiger partial charge on any atom is 0.191 e. The Hall–Kier alpha value is -1.81. The van der Waals surface area contributed by atoms with Gasteiger partial charge in [0, 0.05) is 51.0 Å². The van der Waals surface area contributed by atoms with E-state index in [9.17, 15) is 0 Å². The van der Waals surface area contributed by atoms with E-state index in [0.29, 0.717) is 12.5 Å². The van der Waals surface area contributed by atoms with E-state index in [-0.39, 0.29) is 24.0 Å². The summed E-state index contributed by atoms with van der Waals surface area (Å²) in [4.78, 5) is 9.68. The molecule has 0 bridgehead atoms. The summed E-state index contributed by atoms with van der Waals surface area (Å²) in [5.41, 5.74) is 3.65. The molecular formula is C24H39IN6O. The third kappa shape index (κ3) is 8.27. The molecule has 1 aliphatic rings. The Morgan fingerprint density at radius 3 is 2.59 bits per heavy atom. The summed E-state index contributed by atoms with van der Waals surface area (Å²) in [5.74, 6) is 1.99. The minimum absolute atomic E-state index is 0. The Bertz CT molecular complexity index is 829. The second kappa shape index (κ2) is 13.7. The maximum absolute atomic E-state index is 5.38. The topological polar surface area (TPSA) is 68.9 Å². The predicted molar refractivity (Wildman–Crippen MR) is 143 cm³/mol. The van der Waals surface area contributed by atoms with Crippen molar-refractivity contribution in [2.45, 2.75) is 46.6 Å². The number of aliphatic imine (C=N–C) groups is 1. The molecule has 0 aliphatic carbocycles. The highest BCUT2D eigenvalue weighted by atomic mass is 127. The van der Waals surface area contributed by atoms with Crippen molar-refractivity contribution in [1.29, 1.82) is 0 Å².